The van der Waals surface area contributed by atoms with E-state index in [-0.39, 0.29) is 5.69 Å². The van der Waals surface area contributed by atoms with Gasteiger partial charge in [0.1, 0.15) is 0 Å². The number of nitro groups is 1. The average molecular weight is 254 g/mol. The Morgan fingerprint density at radius 3 is 2.68 bits per heavy atom. The van der Waals surface area contributed by atoms with E-state index >= 15 is 0 Å². The van der Waals surface area contributed by atoms with E-state index in [0.717, 1.165) is 5.69 Å². The largest absolute Gasteiger partial charge is 0.326 e. The molecule has 0 unspecified atom stereocenters. The van der Waals surface area contributed by atoms with E-state index in [0.29, 0.717) is 17.0 Å². The third-order valence-corrected chi connectivity index (χ3v) is 2.71. The molecule has 2 aromatic carbocycles. The van der Waals surface area contributed by atoms with E-state index in [4.69, 9.17) is 0 Å². The summed E-state index contributed by atoms with van der Waals surface area (Å²) in [4.78, 5) is 17.6. The Hall–Kier alpha value is -2.89. The number of non-ortho nitro benzene ring substituents is 1. The van der Waals surface area contributed by atoms with Gasteiger partial charge in [0.25, 0.3) is 5.69 Å². The number of aromatic nitrogens is 2. The number of aromatic amines is 1. The Kier molecular flexibility index (Phi) is 2.60. The molecule has 6 nitrogen and oxygen atoms in total. The molecular formula is C13H10N4O2. The standard InChI is InChI=1S/C13H10N4O2/c18-17(19)10-6-7-11-12(8-10)16-13(15-11)14-9-4-2-1-3-5-9/h1-8H,(H2,14,15,16). The maximum atomic E-state index is 10.7. The molecule has 2 N–H and O–H groups in total. The van der Waals surface area contributed by atoms with Crippen molar-refractivity contribution in [3.63, 3.8) is 0 Å². The molecule has 0 aliphatic rings. The van der Waals surface area contributed by atoms with Gasteiger partial charge < -0.3 is 10.3 Å². The fraction of sp³-hybridized carbons (Fsp3) is 0. The van der Waals surface area contributed by atoms with Gasteiger partial charge in [-0.3, -0.25) is 10.1 Å². The van der Waals surface area contributed by atoms with Crippen molar-refractivity contribution in [1.29, 1.82) is 0 Å². The maximum absolute atomic E-state index is 10.7. The molecule has 94 valence electrons. The van der Waals surface area contributed by atoms with Crippen LogP contribution in [0.2, 0.25) is 0 Å². The van der Waals surface area contributed by atoms with Crippen LogP contribution in [-0.4, -0.2) is 14.9 Å². The summed E-state index contributed by atoms with van der Waals surface area (Å²) in [5, 5.41) is 13.8. The summed E-state index contributed by atoms with van der Waals surface area (Å²) in [6.07, 6.45) is 0. The van der Waals surface area contributed by atoms with Gasteiger partial charge in [-0.2, -0.15) is 0 Å². The van der Waals surface area contributed by atoms with Crippen LogP contribution in [0.25, 0.3) is 11.0 Å². The Bertz CT molecular complexity index is 737. The highest BCUT2D eigenvalue weighted by molar-refractivity contribution is 5.80. The fourth-order valence-corrected chi connectivity index (χ4v) is 1.83. The minimum atomic E-state index is -0.426. The lowest BCUT2D eigenvalue weighted by Crippen LogP contribution is -1.90. The van der Waals surface area contributed by atoms with E-state index in [2.05, 4.69) is 15.3 Å². The van der Waals surface area contributed by atoms with Gasteiger partial charge in [-0.1, -0.05) is 18.2 Å². The zero-order chi connectivity index (χ0) is 13.2. The highest BCUT2D eigenvalue weighted by Gasteiger charge is 2.09. The summed E-state index contributed by atoms with van der Waals surface area (Å²) in [6, 6.07) is 14.1. The molecule has 0 aliphatic carbocycles. The molecule has 0 aliphatic heterocycles. The summed E-state index contributed by atoms with van der Waals surface area (Å²) in [5.41, 5.74) is 2.26. The van der Waals surface area contributed by atoms with Crippen molar-refractivity contribution in [2.75, 3.05) is 5.32 Å². The molecule has 1 aromatic heterocycles. The van der Waals surface area contributed by atoms with Crippen LogP contribution < -0.4 is 5.32 Å². The van der Waals surface area contributed by atoms with Gasteiger partial charge >= 0.3 is 0 Å². The molecule has 1 heterocycles. The Morgan fingerprint density at radius 2 is 1.95 bits per heavy atom. The van der Waals surface area contributed by atoms with Gasteiger partial charge in [-0.05, 0) is 18.2 Å². The number of nitrogens with one attached hydrogen (secondary N) is 2. The lowest BCUT2D eigenvalue weighted by Gasteiger charge is -2.00. The van der Waals surface area contributed by atoms with E-state index in [1.165, 1.54) is 12.1 Å². The minimum absolute atomic E-state index is 0.0439. The van der Waals surface area contributed by atoms with Crippen molar-refractivity contribution in [2.24, 2.45) is 0 Å². The Labute approximate surface area is 108 Å². The van der Waals surface area contributed by atoms with E-state index in [9.17, 15) is 10.1 Å². The van der Waals surface area contributed by atoms with Crippen molar-refractivity contribution in [2.45, 2.75) is 0 Å². The number of hydrogen-bond acceptors (Lipinski definition) is 4. The molecule has 19 heavy (non-hydrogen) atoms. The second-order valence-electron chi connectivity index (χ2n) is 4.03. The van der Waals surface area contributed by atoms with Crippen LogP contribution in [0.4, 0.5) is 17.3 Å². The topological polar surface area (TPSA) is 83.8 Å². The third kappa shape index (κ3) is 2.23. The highest BCUT2D eigenvalue weighted by atomic mass is 16.6. The van der Waals surface area contributed by atoms with Crippen LogP contribution in [0.3, 0.4) is 0 Å². The third-order valence-electron chi connectivity index (χ3n) is 2.71. The second-order valence-corrected chi connectivity index (χ2v) is 4.03. The summed E-state index contributed by atoms with van der Waals surface area (Å²) in [7, 11) is 0. The number of nitro benzene ring substituents is 1. The zero-order valence-corrected chi connectivity index (χ0v) is 9.83. The Balaban J connectivity index is 1.95. The van der Waals surface area contributed by atoms with Gasteiger partial charge in [-0.25, -0.2) is 4.98 Å². The first kappa shape index (κ1) is 11.2. The van der Waals surface area contributed by atoms with Gasteiger partial charge in [-0.15, -0.1) is 0 Å². The molecule has 0 saturated carbocycles. The predicted molar refractivity (Wildman–Crippen MR) is 72.5 cm³/mol. The molecule has 0 spiro atoms. The maximum Gasteiger partial charge on any atom is 0.271 e. The van der Waals surface area contributed by atoms with Crippen molar-refractivity contribution in [1.82, 2.24) is 9.97 Å². The normalized spacial score (nSPS) is 10.5. The van der Waals surface area contributed by atoms with Gasteiger partial charge in [0.15, 0.2) is 0 Å². The number of benzene rings is 2. The molecule has 0 saturated heterocycles. The van der Waals surface area contributed by atoms with E-state index in [1.54, 1.807) is 6.07 Å². The van der Waals surface area contributed by atoms with Crippen LogP contribution in [-0.2, 0) is 0 Å². The number of H-pyrrole nitrogens is 1. The quantitative estimate of drug-likeness (QED) is 0.555. The zero-order valence-electron chi connectivity index (χ0n) is 9.83. The van der Waals surface area contributed by atoms with Crippen LogP contribution in [0.1, 0.15) is 0 Å². The number of hydrogen-bond donors (Lipinski definition) is 2. The number of para-hydroxylation sites is 1. The number of rotatable bonds is 3. The van der Waals surface area contributed by atoms with Crippen molar-refractivity contribution in [3.05, 3.63) is 58.6 Å². The van der Waals surface area contributed by atoms with Crippen LogP contribution in [0.15, 0.2) is 48.5 Å². The molecule has 0 atom stereocenters. The van der Waals surface area contributed by atoms with Crippen LogP contribution >= 0.6 is 0 Å². The van der Waals surface area contributed by atoms with E-state index < -0.39 is 4.92 Å². The number of anilines is 2. The Morgan fingerprint density at radius 1 is 1.16 bits per heavy atom. The number of imidazole rings is 1. The van der Waals surface area contributed by atoms with Gasteiger partial charge in [0, 0.05) is 17.8 Å². The molecule has 6 heteroatoms. The van der Waals surface area contributed by atoms with Crippen molar-refractivity contribution >= 4 is 28.4 Å². The molecule has 0 amide bonds. The number of nitrogens with zero attached hydrogens (tertiary/aromatic N) is 2. The smallest absolute Gasteiger partial charge is 0.271 e. The fourth-order valence-electron chi connectivity index (χ4n) is 1.83. The lowest BCUT2D eigenvalue weighted by atomic mass is 10.3. The van der Waals surface area contributed by atoms with Gasteiger partial charge in [0.05, 0.1) is 16.0 Å². The molecule has 0 radical (unpaired) electrons. The monoisotopic (exact) mass is 254 g/mol. The number of fused-ring (bicyclic) bond motifs is 1. The minimum Gasteiger partial charge on any atom is -0.326 e. The summed E-state index contributed by atoms with van der Waals surface area (Å²) in [5.74, 6) is 0.557. The molecule has 0 bridgehead atoms. The highest BCUT2D eigenvalue weighted by Crippen LogP contribution is 2.22. The first-order chi connectivity index (χ1) is 9.22. The summed E-state index contributed by atoms with van der Waals surface area (Å²) < 4.78 is 0. The lowest BCUT2D eigenvalue weighted by molar-refractivity contribution is -0.384. The van der Waals surface area contributed by atoms with Crippen LogP contribution in [0.5, 0.6) is 0 Å². The molecule has 0 fully saturated rings. The first-order valence-electron chi connectivity index (χ1n) is 5.68. The first-order valence-corrected chi connectivity index (χ1v) is 5.68. The molecule has 3 aromatic rings. The summed E-state index contributed by atoms with van der Waals surface area (Å²) >= 11 is 0. The summed E-state index contributed by atoms with van der Waals surface area (Å²) in [6.45, 7) is 0. The van der Waals surface area contributed by atoms with E-state index in [1.807, 2.05) is 30.3 Å². The van der Waals surface area contributed by atoms with Crippen molar-refractivity contribution in [3.8, 4) is 0 Å². The SMILES string of the molecule is O=[N+]([O-])c1ccc2nc(Nc3ccccc3)[nH]c2c1. The van der Waals surface area contributed by atoms with Crippen LogP contribution in [0, 0.1) is 10.1 Å². The molecule has 3 rings (SSSR count). The second kappa shape index (κ2) is 4.41. The van der Waals surface area contributed by atoms with Crippen molar-refractivity contribution < 1.29 is 4.92 Å². The predicted octanol–water partition coefficient (Wildman–Crippen LogP) is 3.21. The van der Waals surface area contributed by atoms with Gasteiger partial charge in [0.2, 0.25) is 5.95 Å². The average Bonchev–Trinajstić information content (AvgIpc) is 2.80. The molecular weight excluding hydrogens is 244 g/mol.